The van der Waals surface area contributed by atoms with Gasteiger partial charge in [0.2, 0.25) is 5.90 Å². The number of anilines is 1. The van der Waals surface area contributed by atoms with Crippen molar-refractivity contribution >= 4 is 23.5 Å². The maximum atomic E-state index is 13.1. The fourth-order valence-electron chi connectivity index (χ4n) is 2.73. The largest absolute Gasteiger partial charge is 0.471 e. The number of benzene rings is 2. The van der Waals surface area contributed by atoms with Crippen molar-refractivity contribution in [3.8, 4) is 5.69 Å². The molecule has 0 saturated heterocycles. The van der Waals surface area contributed by atoms with Crippen LogP contribution >= 0.6 is 11.8 Å². The first-order chi connectivity index (χ1) is 12.7. The van der Waals surface area contributed by atoms with Crippen LogP contribution in [0.5, 0.6) is 0 Å². The number of nitrogen functional groups attached to an aromatic ring is 1. The summed E-state index contributed by atoms with van der Waals surface area (Å²) in [5.74, 6) is 1.55. The summed E-state index contributed by atoms with van der Waals surface area (Å²) in [6.45, 7) is 0.607. The summed E-state index contributed by atoms with van der Waals surface area (Å²) in [4.78, 5) is 5.70. The molecule has 2 heterocycles. The van der Waals surface area contributed by atoms with Crippen molar-refractivity contribution in [3.05, 3.63) is 72.2 Å². The van der Waals surface area contributed by atoms with E-state index in [9.17, 15) is 4.39 Å². The van der Waals surface area contributed by atoms with E-state index in [1.807, 2.05) is 18.2 Å². The van der Waals surface area contributed by atoms with Crippen LogP contribution in [0.25, 0.3) is 5.69 Å². The Bertz CT molecular complexity index is 924. The van der Waals surface area contributed by atoms with Crippen molar-refractivity contribution in [3.63, 3.8) is 0 Å². The van der Waals surface area contributed by atoms with E-state index in [2.05, 4.69) is 22.2 Å². The molecule has 7 heteroatoms. The van der Waals surface area contributed by atoms with Gasteiger partial charge in [0.15, 0.2) is 5.69 Å². The molecule has 4 rings (SSSR count). The van der Waals surface area contributed by atoms with Gasteiger partial charge in [0.05, 0.1) is 12.7 Å². The van der Waals surface area contributed by atoms with Gasteiger partial charge in [0, 0.05) is 10.6 Å². The smallest absolute Gasteiger partial charge is 0.311 e. The Labute approximate surface area is 154 Å². The van der Waals surface area contributed by atoms with E-state index in [1.54, 1.807) is 34.8 Å². The molecule has 5 nitrogen and oxygen atoms in total. The summed E-state index contributed by atoms with van der Waals surface area (Å²) in [5.41, 5.74) is 7.69. The summed E-state index contributed by atoms with van der Waals surface area (Å²) >= 11 is 1.74. The van der Waals surface area contributed by atoms with Crippen molar-refractivity contribution in [1.29, 1.82) is 0 Å². The van der Waals surface area contributed by atoms with Gasteiger partial charge in [-0.15, -0.1) is 16.4 Å². The van der Waals surface area contributed by atoms with Crippen LogP contribution in [0.3, 0.4) is 0 Å². The third-order valence-corrected chi connectivity index (χ3v) is 5.21. The van der Waals surface area contributed by atoms with Gasteiger partial charge in [0.25, 0.3) is 0 Å². The van der Waals surface area contributed by atoms with Gasteiger partial charge >= 0.3 is 5.82 Å². The first-order valence-corrected chi connectivity index (χ1v) is 9.23. The Balaban J connectivity index is 1.43. The number of halogens is 1. The lowest BCUT2D eigenvalue weighted by Gasteiger charge is -2.10. The zero-order chi connectivity index (χ0) is 17.9. The third kappa shape index (κ3) is 3.43. The number of nitrogens with two attached hydrogens (primary N) is 1. The number of hydrogen-bond acceptors (Lipinski definition) is 4. The van der Waals surface area contributed by atoms with Crippen molar-refractivity contribution in [2.45, 2.75) is 11.0 Å². The van der Waals surface area contributed by atoms with Gasteiger partial charge < -0.3 is 4.74 Å². The predicted molar refractivity (Wildman–Crippen MR) is 100 cm³/mol. The van der Waals surface area contributed by atoms with Crippen LogP contribution < -0.4 is 10.4 Å². The number of nitrogens with one attached hydrogen (secondary N) is 1. The average molecular weight is 369 g/mol. The van der Waals surface area contributed by atoms with Crippen LogP contribution in [0.4, 0.5) is 10.2 Å². The van der Waals surface area contributed by atoms with E-state index in [1.165, 1.54) is 17.0 Å². The van der Waals surface area contributed by atoms with Crippen LogP contribution in [-0.2, 0) is 4.74 Å². The van der Waals surface area contributed by atoms with Crippen molar-refractivity contribution < 1.29 is 13.8 Å². The molecule has 0 saturated carbocycles. The molecular weight excluding hydrogens is 351 g/mol. The Morgan fingerprint density at radius 1 is 1.19 bits per heavy atom. The standard InChI is InChI=1S/C19H17FN4OS/c20-13-6-8-14(9-7-13)24-18(21)17(11-23-24)19-22-10-15(25-19)12-26-16-4-2-1-3-5-16/h1-9,11,15H,10,12H2,(H2,21,22,23)/p+1. The van der Waals surface area contributed by atoms with E-state index < -0.39 is 0 Å². The van der Waals surface area contributed by atoms with Crippen LogP contribution in [0.15, 0.2) is 70.7 Å². The SMILES string of the molecule is Nc1c(C2=NCC(CSc3ccccc3)O2)c[nH][n+]1-c1ccc(F)cc1. The highest BCUT2D eigenvalue weighted by molar-refractivity contribution is 7.99. The normalized spacial score (nSPS) is 16.3. The number of aromatic amines is 1. The lowest BCUT2D eigenvalue weighted by molar-refractivity contribution is -0.641. The fraction of sp³-hybridized carbons (Fsp3) is 0.158. The number of nitrogens with zero attached hydrogens (tertiary/aromatic N) is 2. The molecule has 1 aliphatic rings. The molecule has 0 amide bonds. The summed E-state index contributed by atoms with van der Waals surface area (Å²) in [6.07, 6.45) is 1.77. The van der Waals surface area contributed by atoms with Crippen LogP contribution in [0.1, 0.15) is 5.56 Å². The van der Waals surface area contributed by atoms with E-state index in [4.69, 9.17) is 10.5 Å². The molecule has 0 bridgehead atoms. The van der Waals surface area contributed by atoms with Crippen molar-refractivity contribution in [2.75, 3.05) is 18.0 Å². The number of rotatable bonds is 5. The summed E-state index contributed by atoms with van der Waals surface area (Å²) in [5, 5.41) is 3.06. The molecular formula is C19H18FN4OS+. The first-order valence-electron chi connectivity index (χ1n) is 8.25. The maximum Gasteiger partial charge on any atom is 0.311 e. The zero-order valence-corrected chi connectivity index (χ0v) is 14.7. The minimum atomic E-state index is -0.290. The van der Waals surface area contributed by atoms with Crippen LogP contribution in [-0.4, -0.2) is 29.4 Å². The molecule has 0 spiro atoms. The summed E-state index contributed by atoms with van der Waals surface area (Å²) in [6, 6.07) is 16.3. The van der Waals surface area contributed by atoms with Gasteiger partial charge in [-0.25, -0.2) is 14.5 Å². The average Bonchev–Trinajstić information content (AvgIpc) is 3.28. The Morgan fingerprint density at radius 2 is 1.96 bits per heavy atom. The second-order valence-electron chi connectivity index (χ2n) is 5.89. The van der Waals surface area contributed by atoms with Gasteiger partial charge in [0.1, 0.15) is 17.5 Å². The van der Waals surface area contributed by atoms with E-state index in [-0.39, 0.29) is 11.9 Å². The minimum absolute atomic E-state index is 0.0174. The quantitative estimate of drug-likeness (QED) is 0.537. The third-order valence-electron chi connectivity index (χ3n) is 4.07. The highest BCUT2D eigenvalue weighted by Gasteiger charge is 2.28. The number of hydrogen-bond donors (Lipinski definition) is 2. The number of thioether (sulfide) groups is 1. The molecule has 26 heavy (non-hydrogen) atoms. The van der Waals surface area contributed by atoms with Gasteiger partial charge in [-0.2, -0.15) is 0 Å². The molecule has 132 valence electrons. The number of H-pyrrole nitrogens is 1. The van der Waals surface area contributed by atoms with E-state index in [0.717, 1.165) is 11.4 Å². The van der Waals surface area contributed by atoms with Crippen molar-refractivity contribution in [1.82, 2.24) is 5.10 Å². The van der Waals surface area contributed by atoms with Crippen LogP contribution in [0.2, 0.25) is 0 Å². The molecule has 1 unspecified atom stereocenters. The number of aliphatic imine (C=N–C) groups is 1. The molecule has 1 aliphatic heterocycles. The van der Waals surface area contributed by atoms with Gasteiger partial charge in [-0.3, -0.25) is 5.73 Å². The number of ether oxygens (including phenoxy) is 1. The highest BCUT2D eigenvalue weighted by atomic mass is 32.2. The van der Waals surface area contributed by atoms with Crippen LogP contribution in [0, 0.1) is 5.82 Å². The Hall–Kier alpha value is -2.80. The lowest BCUT2D eigenvalue weighted by Crippen LogP contribution is -2.35. The highest BCUT2D eigenvalue weighted by Crippen LogP contribution is 2.23. The molecule has 0 fully saturated rings. The minimum Gasteiger partial charge on any atom is -0.471 e. The Morgan fingerprint density at radius 3 is 2.73 bits per heavy atom. The second kappa shape index (κ2) is 7.21. The molecule has 3 N–H and O–H groups in total. The fourth-order valence-corrected chi connectivity index (χ4v) is 3.63. The van der Waals surface area contributed by atoms with E-state index in [0.29, 0.717) is 23.8 Å². The second-order valence-corrected chi connectivity index (χ2v) is 6.99. The molecule has 0 radical (unpaired) electrons. The van der Waals surface area contributed by atoms with Gasteiger partial charge in [-0.1, -0.05) is 18.2 Å². The molecule has 1 atom stereocenters. The first kappa shape index (κ1) is 16.7. The lowest BCUT2D eigenvalue weighted by atomic mass is 10.3. The summed E-state index contributed by atoms with van der Waals surface area (Å²) < 4.78 is 20.7. The monoisotopic (exact) mass is 369 g/mol. The predicted octanol–water partition coefficient (Wildman–Crippen LogP) is 2.95. The zero-order valence-electron chi connectivity index (χ0n) is 13.9. The molecule has 3 aromatic rings. The maximum absolute atomic E-state index is 13.1. The molecule has 2 aromatic carbocycles. The topological polar surface area (TPSA) is 67.3 Å². The molecule has 1 aromatic heterocycles. The van der Waals surface area contributed by atoms with Crippen molar-refractivity contribution in [2.24, 2.45) is 4.99 Å². The van der Waals surface area contributed by atoms with E-state index >= 15 is 0 Å². The number of aromatic nitrogens is 2. The van der Waals surface area contributed by atoms with Gasteiger partial charge in [-0.05, 0) is 36.4 Å². The molecule has 0 aliphatic carbocycles. The summed E-state index contributed by atoms with van der Waals surface area (Å²) in [7, 11) is 0. The Kier molecular flexibility index (Phi) is 4.62.